The van der Waals surface area contributed by atoms with Gasteiger partial charge in [0.2, 0.25) is 0 Å². The van der Waals surface area contributed by atoms with Crippen LogP contribution in [-0.2, 0) is 10.0 Å². The maximum absolute atomic E-state index is 13.8. The van der Waals surface area contributed by atoms with Crippen molar-refractivity contribution in [3.63, 3.8) is 0 Å². The monoisotopic (exact) mass is 273 g/mol. The molecule has 0 saturated carbocycles. The van der Waals surface area contributed by atoms with E-state index in [1.807, 2.05) is 0 Å². The van der Waals surface area contributed by atoms with Crippen molar-refractivity contribution in [1.29, 1.82) is 0 Å². The average Bonchev–Trinajstić information content (AvgIpc) is 2.76. The van der Waals surface area contributed by atoms with E-state index in [4.69, 9.17) is 0 Å². The minimum absolute atomic E-state index is 0.129. The number of rotatable bonds is 3. The number of anilines is 1. The summed E-state index contributed by atoms with van der Waals surface area (Å²) in [6, 6.07) is 7.32. The van der Waals surface area contributed by atoms with Crippen LogP contribution in [0.4, 0.5) is 9.61 Å². The van der Waals surface area contributed by atoms with Gasteiger partial charge in [0.05, 0.1) is 4.90 Å². The highest BCUT2D eigenvalue weighted by Crippen LogP contribution is 2.26. The lowest BCUT2D eigenvalue weighted by atomic mass is 10.4. The third-order valence-corrected chi connectivity index (χ3v) is 4.30. The first-order chi connectivity index (χ1) is 8.01. The Hall–Kier alpha value is -1.54. The third kappa shape index (κ3) is 2.27. The summed E-state index contributed by atoms with van der Waals surface area (Å²) in [5.74, 6) is 0. The Bertz CT molecular complexity index is 612. The summed E-state index contributed by atoms with van der Waals surface area (Å²) < 4.78 is 37.1. The fourth-order valence-electron chi connectivity index (χ4n) is 1.14. The van der Waals surface area contributed by atoms with Gasteiger partial charge in [-0.2, -0.15) is 8.42 Å². The molecular weight excluding hydrogens is 265 g/mol. The zero-order valence-corrected chi connectivity index (χ0v) is 10.4. The van der Waals surface area contributed by atoms with E-state index in [1.165, 1.54) is 24.3 Å². The highest BCUT2D eigenvalue weighted by molar-refractivity contribution is 7.92. The minimum Gasteiger partial charge on any atom is -0.199 e. The number of aromatic nitrogens is 2. The van der Waals surface area contributed by atoms with Crippen molar-refractivity contribution in [1.82, 2.24) is 10.2 Å². The van der Waals surface area contributed by atoms with Crippen molar-refractivity contribution >= 4 is 26.5 Å². The number of halogens is 1. The zero-order chi connectivity index (χ0) is 12.5. The van der Waals surface area contributed by atoms with Crippen LogP contribution < -0.4 is 4.53 Å². The SMILES string of the molecule is Cc1nnc(N(F)S(=O)(=O)c2ccccc2)s1. The van der Waals surface area contributed by atoms with E-state index in [0.717, 1.165) is 11.3 Å². The van der Waals surface area contributed by atoms with E-state index in [9.17, 15) is 12.9 Å². The molecule has 0 aliphatic rings. The number of benzene rings is 1. The molecule has 0 aliphatic carbocycles. The molecule has 0 bridgehead atoms. The minimum atomic E-state index is -4.20. The van der Waals surface area contributed by atoms with Crippen LogP contribution in [0.2, 0.25) is 0 Å². The molecule has 2 rings (SSSR count). The summed E-state index contributed by atoms with van der Waals surface area (Å²) in [7, 11) is -4.20. The maximum Gasteiger partial charge on any atom is 0.292 e. The molecule has 5 nitrogen and oxygen atoms in total. The molecule has 8 heteroatoms. The Morgan fingerprint density at radius 1 is 1.24 bits per heavy atom. The van der Waals surface area contributed by atoms with Crippen LogP contribution in [0, 0.1) is 6.92 Å². The number of hydrogen-bond donors (Lipinski definition) is 0. The molecule has 17 heavy (non-hydrogen) atoms. The smallest absolute Gasteiger partial charge is 0.199 e. The van der Waals surface area contributed by atoms with Crippen molar-refractivity contribution < 1.29 is 12.9 Å². The molecule has 0 fully saturated rings. The largest absolute Gasteiger partial charge is 0.292 e. The molecule has 1 aromatic carbocycles. The topological polar surface area (TPSA) is 63.2 Å². The van der Waals surface area contributed by atoms with Crippen LogP contribution >= 0.6 is 11.3 Å². The van der Waals surface area contributed by atoms with Gasteiger partial charge in [0, 0.05) is 0 Å². The van der Waals surface area contributed by atoms with Gasteiger partial charge in [-0.15, -0.1) is 10.2 Å². The van der Waals surface area contributed by atoms with Gasteiger partial charge < -0.3 is 0 Å². The first-order valence-corrected chi connectivity index (χ1v) is 6.84. The summed E-state index contributed by atoms with van der Waals surface area (Å²) in [5.41, 5.74) is 0. The lowest BCUT2D eigenvalue weighted by Crippen LogP contribution is -2.22. The molecule has 0 amide bonds. The van der Waals surface area contributed by atoms with Crippen molar-refractivity contribution in [2.75, 3.05) is 4.53 Å². The maximum atomic E-state index is 13.8. The Morgan fingerprint density at radius 2 is 1.88 bits per heavy atom. The lowest BCUT2D eigenvalue weighted by molar-refractivity contribution is 0.493. The molecule has 1 aromatic heterocycles. The second kappa shape index (κ2) is 4.38. The number of sulfonamides is 1. The Balaban J connectivity index is 2.40. The van der Waals surface area contributed by atoms with Gasteiger partial charge in [-0.3, -0.25) is 0 Å². The van der Waals surface area contributed by atoms with Crippen LogP contribution in [0.25, 0.3) is 0 Å². The van der Waals surface area contributed by atoms with Crippen LogP contribution in [0.15, 0.2) is 35.2 Å². The van der Waals surface area contributed by atoms with Crippen LogP contribution in [0.5, 0.6) is 0 Å². The second-order valence-electron chi connectivity index (χ2n) is 3.14. The average molecular weight is 273 g/mol. The lowest BCUT2D eigenvalue weighted by Gasteiger charge is -2.09. The summed E-state index contributed by atoms with van der Waals surface area (Å²) in [4.78, 5) is -0.129. The molecule has 0 atom stereocenters. The fraction of sp³-hybridized carbons (Fsp3) is 0.111. The highest BCUT2D eigenvalue weighted by atomic mass is 32.2. The second-order valence-corrected chi connectivity index (χ2v) is 6.04. The molecule has 0 spiro atoms. The van der Waals surface area contributed by atoms with Crippen molar-refractivity contribution in [2.45, 2.75) is 11.8 Å². The van der Waals surface area contributed by atoms with E-state index in [2.05, 4.69) is 10.2 Å². The molecule has 0 unspecified atom stereocenters. The van der Waals surface area contributed by atoms with Crippen molar-refractivity contribution in [3.8, 4) is 0 Å². The fourth-order valence-corrected chi connectivity index (χ4v) is 2.98. The summed E-state index contributed by atoms with van der Waals surface area (Å²) in [5, 5.41) is 7.21. The Kier molecular flexibility index (Phi) is 3.07. The van der Waals surface area contributed by atoms with E-state index in [0.29, 0.717) is 5.01 Å². The quantitative estimate of drug-likeness (QED) is 0.802. The van der Waals surface area contributed by atoms with Gasteiger partial charge in [-0.05, 0) is 19.1 Å². The van der Waals surface area contributed by atoms with E-state index < -0.39 is 10.0 Å². The zero-order valence-electron chi connectivity index (χ0n) is 8.74. The number of nitrogens with zero attached hydrogens (tertiary/aromatic N) is 3. The van der Waals surface area contributed by atoms with Crippen LogP contribution in [0.3, 0.4) is 0 Å². The summed E-state index contributed by atoms with van der Waals surface area (Å²) in [6.07, 6.45) is 0. The predicted octanol–water partition coefficient (Wildman–Crippen LogP) is 1.93. The molecule has 90 valence electrons. The molecule has 0 radical (unpaired) electrons. The number of aryl methyl sites for hydroxylation is 1. The van der Waals surface area contributed by atoms with Gasteiger partial charge in [0.1, 0.15) is 5.01 Å². The standard InChI is InChI=1S/C9H8FN3O2S2/c1-7-11-12-9(16-7)13(10)17(14,15)8-5-3-2-4-6-8/h2-6H,1H3. The molecule has 0 aliphatic heterocycles. The molecule has 1 heterocycles. The third-order valence-electron chi connectivity index (χ3n) is 1.92. The first-order valence-electron chi connectivity index (χ1n) is 4.58. The molecule has 0 N–H and O–H groups in total. The Morgan fingerprint density at radius 3 is 2.41 bits per heavy atom. The van der Waals surface area contributed by atoms with E-state index >= 15 is 0 Å². The normalized spacial score (nSPS) is 11.4. The molecule has 0 saturated heterocycles. The summed E-state index contributed by atoms with van der Waals surface area (Å²) >= 11 is 0.867. The van der Waals surface area contributed by atoms with Gasteiger partial charge in [-0.1, -0.05) is 38.5 Å². The highest BCUT2D eigenvalue weighted by Gasteiger charge is 2.27. The van der Waals surface area contributed by atoms with Crippen molar-refractivity contribution in [2.24, 2.45) is 0 Å². The van der Waals surface area contributed by atoms with Crippen molar-refractivity contribution in [3.05, 3.63) is 35.3 Å². The van der Waals surface area contributed by atoms with Gasteiger partial charge in [0.25, 0.3) is 15.2 Å². The molecular formula is C9H8FN3O2S2. The predicted molar refractivity (Wildman–Crippen MR) is 61.9 cm³/mol. The molecule has 2 aromatic rings. The Labute approximate surface area is 102 Å². The van der Waals surface area contributed by atoms with Gasteiger partial charge in [0.15, 0.2) is 0 Å². The van der Waals surface area contributed by atoms with E-state index in [1.54, 1.807) is 13.0 Å². The van der Waals surface area contributed by atoms with Gasteiger partial charge in [-0.25, -0.2) is 0 Å². The van der Waals surface area contributed by atoms with E-state index in [-0.39, 0.29) is 14.6 Å². The van der Waals surface area contributed by atoms with Crippen LogP contribution in [-0.4, -0.2) is 18.6 Å². The first kappa shape index (κ1) is 11.9. The summed E-state index contributed by atoms with van der Waals surface area (Å²) in [6.45, 7) is 1.62. The van der Waals surface area contributed by atoms with Gasteiger partial charge >= 0.3 is 0 Å². The van der Waals surface area contributed by atoms with Crippen LogP contribution in [0.1, 0.15) is 5.01 Å². The number of hydrogen-bond acceptors (Lipinski definition) is 5.